The number of hydrogen-bond acceptors (Lipinski definition) is 6. The van der Waals surface area contributed by atoms with Gasteiger partial charge in [0.05, 0.1) is 0 Å². The van der Waals surface area contributed by atoms with E-state index in [2.05, 4.69) is 20.9 Å². The van der Waals surface area contributed by atoms with Gasteiger partial charge in [0.15, 0.2) is 0 Å². The molecule has 0 saturated heterocycles. The second kappa shape index (κ2) is 9.58. The maximum atomic E-state index is 12.2. The molecule has 0 fully saturated rings. The van der Waals surface area contributed by atoms with E-state index in [-0.39, 0.29) is 12.5 Å². The molecule has 9 heteroatoms. The number of nitrogens with one attached hydrogen (secondary N) is 3. The van der Waals surface area contributed by atoms with E-state index in [4.69, 9.17) is 9.47 Å². The Kier molecular flexibility index (Phi) is 7.99. The van der Waals surface area contributed by atoms with Crippen molar-refractivity contribution in [3.8, 4) is 0 Å². The highest BCUT2D eigenvalue weighted by molar-refractivity contribution is 5.85. The fourth-order valence-electron chi connectivity index (χ4n) is 2.14. The number of nitrogens with zero attached hydrogens (tertiary/aromatic N) is 1. The quantitative estimate of drug-likeness (QED) is 0.688. The smallest absolute Gasteiger partial charge is 0.413 e. The predicted octanol–water partition coefficient (Wildman–Crippen LogP) is 3.27. The molecule has 3 amide bonds. The summed E-state index contributed by atoms with van der Waals surface area (Å²) in [6, 6.07) is 2.62. The summed E-state index contributed by atoms with van der Waals surface area (Å²) in [7, 11) is 0. The van der Waals surface area contributed by atoms with Gasteiger partial charge in [0.2, 0.25) is 5.91 Å². The van der Waals surface area contributed by atoms with Crippen LogP contribution in [0.4, 0.5) is 15.4 Å². The monoisotopic (exact) mass is 408 g/mol. The van der Waals surface area contributed by atoms with Crippen LogP contribution in [-0.4, -0.2) is 40.3 Å². The summed E-state index contributed by atoms with van der Waals surface area (Å²) in [5.74, 6) is -0.00185. The summed E-state index contributed by atoms with van der Waals surface area (Å²) in [4.78, 5) is 40.1. The molecule has 162 valence electrons. The van der Waals surface area contributed by atoms with Crippen molar-refractivity contribution in [3.63, 3.8) is 0 Å². The summed E-state index contributed by atoms with van der Waals surface area (Å²) in [5, 5.41) is 7.79. The van der Waals surface area contributed by atoms with Crippen molar-refractivity contribution >= 4 is 23.9 Å². The lowest BCUT2D eigenvalue weighted by Crippen LogP contribution is -2.46. The minimum absolute atomic E-state index is 0.227. The molecule has 1 heterocycles. The van der Waals surface area contributed by atoms with Gasteiger partial charge < -0.3 is 20.1 Å². The van der Waals surface area contributed by atoms with Gasteiger partial charge in [-0.05, 0) is 67.0 Å². The number of aryl methyl sites for hydroxylation is 1. The molecular formula is C20H32N4O5. The van der Waals surface area contributed by atoms with Gasteiger partial charge in [-0.3, -0.25) is 10.1 Å². The van der Waals surface area contributed by atoms with Gasteiger partial charge >= 0.3 is 12.2 Å². The molecule has 1 aromatic heterocycles. The zero-order valence-electron chi connectivity index (χ0n) is 18.4. The molecule has 29 heavy (non-hydrogen) atoms. The highest BCUT2D eigenvalue weighted by Gasteiger charge is 2.21. The fourth-order valence-corrected chi connectivity index (χ4v) is 2.14. The third kappa shape index (κ3) is 9.77. The highest BCUT2D eigenvalue weighted by Crippen LogP contribution is 2.13. The molecule has 0 bridgehead atoms. The molecule has 0 aliphatic carbocycles. The highest BCUT2D eigenvalue weighted by atomic mass is 16.6. The Morgan fingerprint density at radius 3 is 2.07 bits per heavy atom. The third-order valence-corrected chi connectivity index (χ3v) is 3.40. The summed E-state index contributed by atoms with van der Waals surface area (Å²) in [6.45, 7) is 14.1. The number of pyridine rings is 1. The molecule has 0 aliphatic heterocycles. The zero-order valence-corrected chi connectivity index (χ0v) is 18.4. The second-order valence-corrected chi connectivity index (χ2v) is 8.65. The largest absolute Gasteiger partial charge is 0.444 e. The third-order valence-electron chi connectivity index (χ3n) is 3.40. The number of hydrogen-bond donors (Lipinski definition) is 3. The van der Waals surface area contributed by atoms with Gasteiger partial charge in [-0.25, -0.2) is 14.6 Å². The van der Waals surface area contributed by atoms with Gasteiger partial charge in [0.1, 0.15) is 23.1 Å². The van der Waals surface area contributed by atoms with Crippen LogP contribution in [0.15, 0.2) is 12.1 Å². The van der Waals surface area contributed by atoms with E-state index < -0.39 is 29.4 Å². The van der Waals surface area contributed by atoms with Crippen molar-refractivity contribution in [3.05, 3.63) is 23.4 Å². The fraction of sp³-hybridized carbons (Fsp3) is 0.600. The molecule has 3 N–H and O–H groups in total. The molecule has 1 aromatic rings. The first kappa shape index (κ1) is 24.2. The molecule has 0 aliphatic rings. The van der Waals surface area contributed by atoms with Crippen LogP contribution in [-0.2, 0) is 20.8 Å². The van der Waals surface area contributed by atoms with Crippen LogP contribution in [0.3, 0.4) is 0 Å². The molecule has 0 unspecified atom stereocenters. The van der Waals surface area contributed by atoms with Crippen molar-refractivity contribution in [2.24, 2.45) is 0 Å². The first-order chi connectivity index (χ1) is 13.2. The van der Waals surface area contributed by atoms with Gasteiger partial charge in [-0.2, -0.15) is 0 Å². The number of carbonyl (C=O) groups excluding carboxylic acids is 3. The van der Waals surface area contributed by atoms with Crippen molar-refractivity contribution in [1.82, 2.24) is 15.6 Å². The van der Waals surface area contributed by atoms with Gasteiger partial charge in [-0.1, -0.05) is 6.07 Å². The molecule has 1 rings (SSSR count). The molecule has 0 radical (unpaired) electrons. The lowest BCUT2D eigenvalue weighted by Gasteiger charge is -2.21. The maximum Gasteiger partial charge on any atom is 0.413 e. The van der Waals surface area contributed by atoms with Crippen molar-refractivity contribution in [2.75, 3.05) is 5.32 Å². The Balaban J connectivity index is 2.58. The summed E-state index contributed by atoms with van der Waals surface area (Å²) >= 11 is 0. The van der Waals surface area contributed by atoms with Gasteiger partial charge in [0, 0.05) is 12.2 Å². The summed E-state index contributed by atoms with van der Waals surface area (Å²) < 4.78 is 10.3. The zero-order chi connectivity index (χ0) is 22.4. The Labute approximate surface area is 171 Å². The normalized spacial score (nSPS) is 12.6. The SMILES string of the molecule is Cc1nc(NC(=O)OC(C)(C)C)ccc1CNC(=O)[C@H](C)NC(=O)OC(C)(C)C. The number of anilines is 1. The van der Waals surface area contributed by atoms with E-state index in [0.717, 1.165) is 5.56 Å². The predicted molar refractivity (Wildman–Crippen MR) is 110 cm³/mol. The van der Waals surface area contributed by atoms with E-state index in [1.54, 1.807) is 67.5 Å². The minimum Gasteiger partial charge on any atom is -0.444 e. The number of aromatic nitrogens is 1. The lowest BCUT2D eigenvalue weighted by molar-refractivity contribution is -0.122. The van der Waals surface area contributed by atoms with Crippen LogP contribution >= 0.6 is 0 Å². The van der Waals surface area contributed by atoms with E-state index in [0.29, 0.717) is 11.5 Å². The number of amides is 3. The van der Waals surface area contributed by atoms with Crippen LogP contribution in [0.1, 0.15) is 59.7 Å². The molecule has 0 spiro atoms. The lowest BCUT2D eigenvalue weighted by atomic mass is 10.2. The maximum absolute atomic E-state index is 12.2. The van der Waals surface area contributed by atoms with Crippen LogP contribution in [0.2, 0.25) is 0 Å². The van der Waals surface area contributed by atoms with E-state index in [1.807, 2.05) is 0 Å². The van der Waals surface area contributed by atoms with Crippen LogP contribution in [0, 0.1) is 6.92 Å². The molecule has 0 saturated carbocycles. The number of carbonyl (C=O) groups is 3. The second-order valence-electron chi connectivity index (χ2n) is 8.65. The van der Waals surface area contributed by atoms with Crippen molar-refractivity contribution < 1.29 is 23.9 Å². The Morgan fingerprint density at radius 1 is 1.00 bits per heavy atom. The topological polar surface area (TPSA) is 119 Å². The van der Waals surface area contributed by atoms with Gasteiger partial charge in [-0.15, -0.1) is 0 Å². The van der Waals surface area contributed by atoms with Gasteiger partial charge in [0.25, 0.3) is 0 Å². The van der Waals surface area contributed by atoms with E-state index >= 15 is 0 Å². The van der Waals surface area contributed by atoms with Crippen molar-refractivity contribution in [2.45, 2.75) is 79.2 Å². The molecule has 9 nitrogen and oxygen atoms in total. The van der Waals surface area contributed by atoms with Crippen LogP contribution in [0.5, 0.6) is 0 Å². The molecular weight excluding hydrogens is 376 g/mol. The minimum atomic E-state index is -0.758. The Bertz CT molecular complexity index is 750. The average molecular weight is 408 g/mol. The van der Waals surface area contributed by atoms with Crippen LogP contribution in [0.25, 0.3) is 0 Å². The standard InChI is InChI=1S/C20H32N4O5/c1-12-14(9-10-15(22-12)24-18(27)29-20(6,7)8)11-21-16(25)13(2)23-17(26)28-19(3,4)5/h9-10,13H,11H2,1-8H3,(H,21,25)(H,23,26)(H,22,24,27)/t13-/m0/s1. The molecule has 0 aromatic carbocycles. The average Bonchev–Trinajstić information content (AvgIpc) is 2.49. The number of rotatable bonds is 5. The first-order valence-electron chi connectivity index (χ1n) is 9.40. The first-order valence-corrected chi connectivity index (χ1v) is 9.40. The van der Waals surface area contributed by atoms with Crippen molar-refractivity contribution in [1.29, 1.82) is 0 Å². The number of ether oxygens (including phenoxy) is 2. The number of alkyl carbamates (subject to hydrolysis) is 1. The summed E-state index contributed by atoms with van der Waals surface area (Å²) in [6.07, 6.45) is -1.25. The summed E-state index contributed by atoms with van der Waals surface area (Å²) in [5.41, 5.74) is 0.176. The van der Waals surface area contributed by atoms with E-state index in [9.17, 15) is 14.4 Å². The van der Waals surface area contributed by atoms with E-state index in [1.165, 1.54) is 0 Å². The molecule has 1 atom stereocenters. The van der Waals surface area contributed by atoms with Crippen LogP contribution < -0.4 is 16.0 Å². The Morgan fingerprint density at radius 2 is 1.55 bits per heavy atom. The Hall–Kier alpha value is -2.84.